The van der Waals surface area contributed by atoms with E-state index >= 15 is 0 Å². The van der Waals surface area contributed by atoms with Gasteiger partial charge in [0, 0.05) is 11.2 Å². The van der Waals surface area contributed by atoms with Crippen molar-refractivity contribution in [1.82, 2.24) is 0 Å². The molecule has 0 saturated heterocycles. The van der Waals surface area contributed by atoms with E-state index < -0.39 is 16.3 Å². The highest BCUT2D eigenvalue weighted by Crippen LogP contribution is 1.98. The van der Waals surface area contributed by atoms with Gasteiger partial charge in [0.15, 0.2) is 0 Å². The molecule has 0 amide bonds. The van der Waals surface area contributed by atoms with Crippen LogP contribution in [0.2, 0.25) is 0 Å². The minimum absolute atomic E-state index is 0.769. The van der Waals surface area contributed by atoms with Gasteiger partial charge in [-0.05, 0) is 6.58 Å². The van der Waals surface area contributed by atoms with Gasteiger partial charge in [0.1, 0.15) is 6.26 Å². The van der Waals surface area contributed by atoms with Crippen LogP contribution in [-0.2, 0) is 11.2 Å². The maximum Gasteiger partial charge on any atom is 0.292 e. The topological polar surface area (TPSA) is 23.1 Å². The molecule has 0 aliphatic rings. The Hall–Kier alpha value is -0.0200. The lowest BCUT2D eigenvalue weighted by atomic mass is 11.2. The zero-order chi connectivity index (χ0) is 5.15. The van der Waals surface area contributed by atoms with Crippen molar-refractivity contribution in [3.63, 3.8) is 0 Å². The molecule has 0 aromatic carbocycles. The van der Waals surface area contributed by atoms with Crippen LogP contribution in [0, 0.1) is 0 Å². The SMILES string of the molecule is C=C(F)[S+](C)[O-]. The first-order valence-corrected chi connectivity index (χ1v) is 2.88. The van der Waals surface area contributed by atoms with Gasteiger partial charge in [0.05, 0.1) is 0 Å². The summed E-state index contributed by atoms with van der Waals surface area (Å²) in [6, 6.07) is 0. The van der Waals surface area contributed by atoms with Crippen LogP contribution >= 0.6 is 0 Å². The molecular formula is C3H5FOS. The number of hydrogen-bond donors (Lipinski definition) is 0. The Balaban J connectivity index is 3.26. The van der Waals surface area contributed by atoms with E-state index in [0.717, 1.165) is 0 Å². The van der Waals surface area contributed by atoms with Crippen molar-refractivity contribution in [2.45, 2.75) is 0 Å². The van der Waals surface area contributed by atoms with Crippen molar-refractivity contribution in [1.29, 1.82) is 0 Å². The van der Waals surface area contributed by atoms with Gasteiger partial charge in [-0.1, -0.05) is 0 Å². The first-order chi connectivity index (χ1) is 2.64. The Kier molecular flexibility index (Phi) is 2.20. The van der Waals surface area contributed by atoms with Crippen LogP contribution in [0.25, 0.3) is 0 Å². The van der Waals surface area contributed by atoms with Crippen molar-refractivity contribution in [2.75, 3.05) is 6.26 Å². The molecule has 0 rings (SSSR count). The molecule has 1 atom stereocenters. The second kappa shape index (κ2) is 2.21. The van der Waals surface area contributed by atoms with Crippen LogP contribution < -0.4 is 0 Å². The molecule has 1 unspecified atom stereocenters. The monoisotopic (exact) mass is 108 g/mol. The Labute approximate surface area is 39.0 Å². The zero-order valence-electron chi connectivity index (χ0n) is 3.40. The lowest BCUT2D eigenvalue weighted by Gasteiger charge is -1.94. The normalized spacial score (nSPS) is 13.8. The smallest absolute Gasteiger partial charge is 0.292 e. The first-order valence-electron chi connectivity index (χ1n) is 1.32. The predicted octanol–water partition coefficient (Wildman–Crippen LogP) is 0.806. The molecule has 0 radical (unpaired) electrons. The molecule has 0 saturated carbocycles. The fourth-order valence-corrected chi connectivity index (χ4v) is 0. The lowest BCUT2D eigenvalue weighted by Crippen LogP contribution is -1.92. The van der Waals surface area contributed by atoms with Gasteiger partial charge in [-0.25, -0.2) is 0 Å². The van der Waals surface area contributed by atoms with Crippen molar-refractivity contribution in [3.8, 4) is 0 Å². The van der Waals surface area contributed by atoms with Gasteiger partial charge < -0.3 is 4.55 Å². The van der Waals surface area contributed by atoms with Crippen molar-refractivity contribution in [3.05, 3.63) is 11.7 Å². The molecule has 3 heteroatoms. The van der Waals surface area contributed by atoms with E-state index in [9.17, 15) is 8.94 Å². The molecular weight excluding hydrogens is 103 g/mol. The summed E-state index contributed by atoms with van der Waals surface area (Å²) in [6.45, 7) is 2.79. The average molecular weight is 108 g/mol. The molecule has 0 spiro atoms. The van der Waals surface area contributed by atoms with Gasteiger partial charge >= 0.3 is 0 Å². The lowest BCUT2D eigenvalue weighted by molar-refractivity contribution is 0.583. The van der Waals surface area contributed by atoms with Gasteiger partial charge in [-0.3, -0.25) is 0 Å². The highest BCUT2D eigenvalue weighted by atomic mass is 32.2. The van der Waals surface area contributed by atoms with Crippen molar-refractivity contribution >= 4 is 11.2 Å². The second-order valence-corrected chi connectivity index (χ2v) is 2.16. The summed E-state index contributed by atoms with van der Waals surface area (Å²) in [4.78, 5) is 0. The summed E-state index contributed by atoms with van der Waals surface area (Å²) in [5.41, 5.74) is 0. The standard InChI is InChI=1S/C3H5FOS/c1-3(4)6(2)5/h1H2,2H3. The van der Waals surface area contributed by atoms with E-state index in [-0.39, 0.29) is 0 Å². The molecule has 0 aliphatic carbocycles. The van der Waals surface area contributed by atoms with Gasteiger partial charge in [0.2, 0.25) is 0 Å². The molecule has 0 heterocycles. The van der Waals surface area contributed by atoms with Crippen LogP contribution in [0.15, 0.2) is 11.7 Å². The molecule has 0 aromatic heterocycles. The van der Waals surface area contributed by atoms with E-state index in [1.54, 1.807) is 0 Å². The van der Waals surface area contributed by atoms with E-state index in [2.05, 4.69) is 6.58 Å². The molecule has 0 fully saturated rings. The number of rotatable bonds is 1. The Morgan fingerprint density at radius 3 is 2.17 bits per heavy atom. The predicted molar refractivity (Wildman–Crippen MR) is 24.3 cm³/mol. The maximum absolute atomic E-state index is 11.3. The number of halogens is 1. The molecule has 6 heavy (non-hydrogen) atoms. The first kappa shape index (κ1) is 5.98. The summed E-state index contributed by atoms with van der Waals surface area (Å²) in [6.07, 6.45) is 1.24. The number of hydrogen-bond acceptors (Lipinski definition) is 1. The molecule has 1 nitrogen and oxygen atoms in total. The Morgan fingerprint density at radius 1 is 2.00 bits per heavy atom. The van der Waals surface area contributed by atoms with Crippen molar-refractivity contribution < 1.29 is 8.94 Å². The van der Waals surface area contributed by atoms with Crippen LogP contribution in [0.4, 0.5) is 4.39 Å². The third-order valence-electron chi connectivity index (χ3n) is 0.312. The van der Waals surface area contributed by atoms with Crippen LogP contribution in [0.5, 0.6) is 0 Å². The molecule has 36 valence electrons. The van der Waals surface area contributed by atoms with E-state index in [1.807, 2.05) is 0 Å². The van der Waals surface area contributed by atoms with Gasteiger partial charge in [-0.15, -0.1) is 0 Å². The van der Waals surface area contributed by atoms with Gasteiger partial charge in [0.25, 0.3) is 5.16 Å². The Morgan fingerprint density at radius 2 is 2.17 bits per heavy atom. The third kappa shape index (κ3) is 2.23. The molecule has 0 aliphatic heterocycles. The fraction of sp³-hybridized carbons (Fsp3) is 0.333. The van der Waals surface area contributed by atoms with Crippen LogP contribution in [-0.4, -0.2) is 10.8 Å². The molecule has 0 N–H and O–H groups in total. The maximum atomic E-state index is 11.3. The highest BCUT2D eigenvalue weighted by Gasteiger charge is 1.98. The molecule has 0 aromatic rings. The highest BCUT2D eigenvalue weighted by molar-refractivity contribution is 7.94. The van der Waals surface area contributed by atoms with Gasteiger partial charge in [-0.2, -0.15) is 4.39 Å². The van der Waals surface area contributed by atoms with Crippen LogP contribution in [0.1, 0.15) is 0 Å². The minimum Gasteiger partial charge on any atom is -0.610 e. The second-order valence-electron chi connectivity index (χ2n) is 0.809. The Bertz CT molecular complexity index is 61.8. The largest absolute Gasteiger partial charge is 0.610 e. The summed E-state index contributed by atoms with van der Waals surface area (Å²) >= 11 is -1.48. The van der Waals surface area contributed by atoms with E-state index in [0.29, 0.717) is 0 Å². The van der Waals surface area contributed by atoms with E-state index in [4.69, 9.17) is 0 Å². The fourth-order valence-electron chi connectivity index (χ4n) is 0. The molecule has 0 bridgehead atoms. The van der Waals surface area contributed by atoms with Crippen LogP contribution in [0.3, 0.4) is 0 Å². The third-order valence-corrected chi connectivity index (χ3v) is 0.936. The van der Waals surface area contributed by atoms with Crippen molar-refractivity contribution in [2.24, 2.45) is 0 Å². The summed E-state index contributed by atoms with van der Waals surface area (Å²) < 4.78 is 21.1. The average Bonchev–Trinajstić information content (AvgIpc) is 1.36. The minimum atomic E-state index is -1.48. The quantitative estimate of drug-likeness (QED) is 0.456. The summed E-state index contributed by atoms with van der Waals surface area (Å²) in [7, 11) is 0. The zero-order valence-corrected chi connectivity index (χ0v) is 4.22. The van der Waals surface area contributed by atoms with E-state index in [1.165, 1.54) is 6.26 Å². The summed E-state index contributed by atoms with van der Waals surface area (Å²) in [5, 5.41) is -0.769. The summed E-state index contributed by atoms with van der Waals surface area (Å²) in [5.74, 6) is 0.